The van der Waals surface area contributed by atoms with E-state index in [0.717, 1.165) is 19.4 Å². The lowest BCUT2D eigenvalue weighted by Gasteiger charge is -2.01. The predicted octanol–water partition coefficient (Wildman–Crippen LogP) is 7.36. The highest BCUT2D eigenvalue weighted by atomic mass is 32.2. The second-order valence-corrected chi connectivity index (χ2v) is 9.53. The van der Waals surface area contributed by atoms with Crippen LogP contribution >= 0.6 is 23.1 Å². The van der Waals surface area contributed by atoms with Gasteiger partial charge in [0.25, 0.3) is 5.01 Å². The fraction of sp³-hybridized carbons (Fsp3) is 0.185. The Morgan fingerprint density at radius 1 is 0.970 bits per heavy atom. The van der Waals surface area contributed by atoms with E-state index in [1.807, 2.05) is 41.3 Å². The van der Waals surface area contributed by atoms with Crippen LogP contribution in [0.1, 0.15) is 31.7 Å². The maximum absolute atomic E-state index is 3.78. The highest BCUT2D eigenvalue weighted by Crippen LogP contribution is 2.41. The average molecular weight is 476 g/mol. The van der Waals surface area contributed by atoms with Gasteiger partial charge >= 0.3 is 0 Å². The molecule has 33 heavy (non-hydrogen) atoms. The summed E-state index contributed by atoms with van der Waals surface area (Å²) in [6.45, 7) is 5.53. The highest BCUT2D eigenvalue weighted by Gasteiger charge is 2.19. The van der Waals surface area contributed by atoms with E-state index >= 15 is 0 Å². The van der Waals surface area contributed by atoms with E-state index in [0.29, 0.717) is 0 Å². The number of aryl methyl sites for hydroxylation is 1. The molecule has 0 saturated heterocycles. The van der Waals surface area contributed by atoms with Crippen LogP contribution in [0.4, 0.5) is 5.69 Å². The number of aromatic nitrogens is 2. The Kier molecular flexibility index (Phi) is 9.24. The van der Waals surface area contributed by atoms with Crippen LogP contribution in [-0.2, 0) is 6.54 Å². The second-order valence-electron chi connectivity index (χ2n) is 7.39. The molecule has 5 rings (SSSR count). The molecule has 3 heterocycles. The van der Waals surface area contributed by atoms with Gasteiger partial charge in [0, 0.05) is 35.9 Å². The molecular formula is C27H29N3OS2. The summed E-state index contributed by atoms with van der Waals surface area (Å²) in [4.78, 5) is 5.09. The van der Waals surface area contributed by atoms with Crippen molar-refractivity contribution in [1.29, 1.82) is 0 Å². The molecule has 4 aromatic rings. The van der Waals surface area contributed by atoms with Crippen molar-refractivity contribution in [3.8, 4) is 0 Å². The number of thioether (sulfide) groups is 1. The summed E-state index contributed by atoms with van der Waals surface area (Å²) in [6.07, 6.45) is 10.3. The van der Waals surface area contributed by atoms with Gasteiger partial charge in [-0.1, -0.05) is 67.3 Å². The largest absolute Gasteiger partial charge is 0.870 e. The molecule has 0 spiro atoms. The standard InChI is InChI=1S/C22H22N2S2.C5H5N.H2O/c1-3-13-24-18-10-6-8-12-20(18)26-22(24)15-16(4-2)14-21-23-17-9-5-7-11-19(17)25-21;1-2-4-6-5-3-1;/h5-12,14-15H,3-4,13H2,1-2H3;1-5H;1H2. The lowest BCUT2D eigenvalue weighted by molar-refractivity contribution is -0.668. The van der Waals surface area contributed by atoms with Crippen LogP contribution in [0.5, 0.6) is 0 Å². The lowest BCUT2D eigenvalue weighted by Crippen LogP contribution is -2.34. The smallest absolute Gasteiger partial charge is 0.263 e. The van der Waals surface area contributed by atoms with E-state index < -0.39 is 0 Å². The first-order valence-electron chi connectivity index (χ1n) is 11.0. The number of nitrogens with zero attached hydrogens (tertiary/aromatic N) is 2. The summed E-state index contributed by atoms with van der Waals surface area (Å²) in [6, 6.07) is 22.9. The second kappa shape index (κ2) is 12.3. The lowest BCUT2D eigenvalue weighted by atomic mass is 10.2. The molecule has 2 aromatic carbocycles. The molecule has 170 valence electrons. The van der Waals surface area contributed by atoms with Crippen molar-refractivity contribution in [3.05, 3.63) is 101 Å². The number of fused-ring (bicyclic) bond motifs is 2. The Morgan fingerprint density at radius 3 is 2.39 bits per heavy atom. The third-order valence-corrected chi connectivity index (χ3v) is 7.18. The van der Waals surface area contributed by atoms with Crippen LogP contribution < -0.4 is 9.88 Å². The van der Waals surface area contributed by atoms with Gasteiger partial charge < -0.3 is 10.8 Å². The fourth-order valence-corrected chi connectivity index (χ4v) is 5.65. The Morgan fingerprint density at radius 2 is 1.73 bits per heavy atom. The zero-order chi connectivity index (χ0) is 22.2. The average Bonchev–Trinajstić information content (AvgIpc) is 3.41. The summed E-state index contributed by atoms with van der Waals surface area (Å²) in [5, 5.41) is 6.08. The molecule has 2 N–H and O–H groups in total. The highest BCUT2D eigenvalue weighted by molar-refractivity contribution is 8.03. The first-order chi connectivity index (χ1) is 15.8. The molecule has 1 aliphatic rings. The first-order valence-corrected chi connectivity index (χ1v) is 12.6. The van der Waals surface area contributed by atoms with E-state index in [1.54, 1.807) is 12.4 Å². The van der Waals surface area contributed by atoms with E-state index in [1.165, 1.54) is 36.4 Å². The summed E-state index contributed by atoms with van der Waals surface area (Å²) in [5.74, 6) is 0. The normalized spacial score (nSPS) is 13.6. The van der Waals surface area contributed by atoms with Gasteiger partial charge in [0.15, 0.2) is 0 Å². The third kappa shape index (κ3) is 6.32. The number of thiazole rings is 1. The molecule has 0 bridgehead atoms. The van der Waals surface area contributed by atoms with E-state index in [-0.39, 0.29) is 5.48 Å². The molecule has 6 heteroatoms. The van der Waals surface area contributed by atoms with Gasteiger partial charge in [0.2, 0.25) is 5.52 Å². The Hall–Kier alpha value is -2.93. The monoisotopic (exact) mass is 475 g/mol. The number of nitrogens with one attached hydrogen (secondary N) is 1. The zero-order valence-corrected chi connectivity index (χ0v) is 20.6. The Balaban J connectivity index is 0.000000382. The van der Waals surface area contributed by atoms with Crippen LogP contribution in [0.2, 0.25) is 0 Å². The quantitative estimate of drug-likeness (QED) is 0.306. The number of allylic oxidation sites excluding steroid dienone is 2. The molecule has 4 nitrogen and oxygen atoms in total. The minimum Gasteiger partial charge on any atom is -0.870 e. The first kappa shape index (κ1) is 24.7. The maximum Gasteiger partial charge on any atom is 0.263 e. The van der Waals surface area contributed by atoms with Gasteiger partial charge in [0.1, 0.15) is 11.2 Å². The minimum absolute atomic E-state index is 0. The number of benzene rings is 2. The zero-order valence-electron chi connectivity index (χ0n) is 18.9. The predicted molar refractivity (Wildman–Crippen MR) is 141 cm³/mol. The molecule has 1 aliphatic heterocycles. The number of para-hydroxylation sites is 2. The van der Waals surface area contributed by atoms with Crippen LogP contribution in [0.25, 0.3) is 16.3 Å². The van der Waals surface area contributed by atoms with Gasteiger partial charge in [-0.15, -0.1) is 0 Å². The molecule has 0 radical (unpaired) electrons. The van der Waals surface area contributed by atoms with Gasteiger partial charge in [0.05, 0.1) is 10.7 Å². The maximum atomic E-state index is 3.78. The molecule has 0 aliphatic carbocycles. The molecule has 0 saturated carbocycles. The topological polar surface area (TPSA) is 58.8 Å². The van der Waals surface area contributed by atoms with Crippen molar-refractivity contribution in [3.63, 3.8) is 0 Å². The van der Waals surface area contributed by atoms with Crippen molar-refractivity contribution in [2.45, 2.75) is 38.1 Å². The number of anilines is 1. The molecule has 0 fully saturated rings. The summed E-state index contributed by atoms with van der Waals surface area (Å²) < 4.78 is 3.81. The van der Waals surface area contributed by atoms with Crippen LogP contribution in [-0.4, -0.2) is 10.5 Å². The third-order valence-electron chi connectivity index (χ3n) is 5.05. The Bertz CT molecular complexity index is 1180. The summed E-state index contributed by atoms with van der Waals surface area (Å²) in [7, 11) is 0. The molecule has 0 amide bonds. The number of hydrogen-bond acceptors (Lipinski definition) is 5. The van der Waals surface area contributed by atoms with Crippen molar-refractivity contribution < 1.29 is 10.0 Å². The molecular weight excluding hydrogens is 446 g/mol. The van der Waals surface area contributed by atoms with Gasteiger partial charge in [-0.3, -0.25) is 4.98 Å². The SMILES string of the molecule is CCC[n+]1c(C=C(C=C2Nc3ccccc3S2)CC)sc2ccccc21.[OH-].c1ccncc1. The summed E-state index contributed by atoms with van der Waals surface area (Å²) in [5.41, 5.74) is 3.90. The van der Waals surface area contributed by atoms with Crippen molar-refractivity contribution in [1.82, 2.24) is 4.98 Å². The van der Waals surface area contributed by atoms with Gasteiger partial charge in [-0.2, -0.15) is 4.57 Å². The van der Waals surface area contributed by atoms with Crippen molar-refractivity contribution in [2.24, 2.45) is 0 Å². The minimum atomic E-state index is 0. The molecule has 0 atom stereocenters. The van der Waals surface area contributed by atoms with Crippen molar-refractivity contribution in [2.75, 3.05) is 5.32 Å². The van der Waals surface area contributed by atoms with Crippen LogP contribution in [0.3, 0.4) is 0 Å². The van der Waals surface area contributed by atoms with E-state index in [2.05, 4.69) is 89.4 Å². The summed E-state index contributed by atoms with van der Waals surface area (Å²) >= 11 is 3.70. The van der Waals surface area contributed by atoms with Gasteiger partial charge in [-0.25, -0.2) is 0 Å². The van der Waals surface area contributed by atoms with Crippen LogP contribution in [0, 0.1) is 0 Å². The fourth-order valence-electron chi connectivity index (χ4n) is 3.50. The van der Waals surface area contributed by atoms with Gasteiger partial charge in [-0.05, 0) is 48.4 Å². The number of rotatable bonds is 5. The number of pyridine rings is 1. The molecule has 2 aromatic heterocycles. The van der Waals surface area contributed by atoms with Crippen LogP contribution in [0.15, 0.2) is 101 Å². The van der Waals surface area contributed by atoms with E-state index in [4.69, 9.17) is 0 Å². The molecule has 0 unspecified atom stereocenters. The van der Waals surface area contributed by atoms with E-state index in [9.17, 15) is 0 Å². The number of hydrogen-bond donors (Lipinski definition) is 1. The van der Waals surface area contributed by atoms with Crippen molar-refractivity contribution >= 4 is 45.1 Å². The Labute approximate surface area is 204 Å².